The molecule has 4 heteroatoms. The molecule has 0 atom stereocenters. The Morgan fingerprint density at radius 1 is 1.09 bits per heavy atom. The first-order valence-corrected chi connectivity index (χ1v) is 7.89. The van der Waals surface area contributed by atoms with Gasteiger partial charge in [-0.3, -0.25) is 4.79 Å². The van der Waals surface area contributed by atoms with Crippen molar-refractivity contribution in [2.24, 2.45) is 0 Å². The van der Waals surface area contributed by atoms with Crippen molar-refractivity contribution in [1.29, 1.82) is 0 Å². The zero-order chi connectivity index (χ0) is 15.8. The summed E-state index contributed by atoms with van der Waals surface area (Å²) in [7, 11) is 0. The quantitative estimate of drug-likeness (QED) is 0.786. The van der Waals surface area contributed by atoms with Crippen LogP contribution in [0.1, 0.15) is 18.9 Å². The summed E-state index contributed by atoms with van der Waals surface area (Å²) < 4.78 is 0. The molecule has 0 bridgehead atoms. The Morgan fingerprint density at radius 3 is 2.45 bits per heavy atom. The number of hydrogen-bond acceptors (Lipinski definition) is 2. The minimum atomic E-state index is 0.125. The average Bonchev–Trinajstić information content (AvgIpc) is 2.55. The van der Waals surface area contributed by atoms with Crippen LogP contribution in [0.2, 0.25) is 5.02 Å². The number of nitrogens with one attached hydrogen (secondary N) is 1. The van der Waals surface area contributed by atoms with Gasteiger partial charge in [0.15, 0.2) is 0 Å². The van der Waals surface area contributed by atoms with Crippen LogP contribution in [0.3, 0.4) is 0 Å². The Balaban J connectivity index is 1.81. The Hall–Kier alpha value is -1.84. The van der Waals surface area contributed by atoms with Crippen LogP contribution in [0.5, 0.6) is 0 Å². The minimum absolute atomic E-state index is 0.125. The lowest BCUT2D eigenvalue weighted by Gasteiger charge is -2.21. The molecule has 1 amide bonds. The lowest BCUT2D eigenvalue weighted by atomic mass is 10.2. The van der Waals surface area contributed by atoms with Crippen molar-refractivity contribution in [3.8, 4) is 0 Å². The van der Waals surface area contributed by atoms with Crippen LogP contribution in [0.15, 0.2) is 54.6 Å². The van der Waals surface area contributed by atoms with Crippen molar-refractivity contribution < 1.29 is 4.79 Å². The monoisotopic (exact) mass is 316 g/mol. The summed E-state index contributed by atoms with van der Waals surface area (Å²) in [4.78, 5) is 14.1. The van der Waals surface area contributed by atoms with Crippen molar-refractivity contribution in [1.82, 2.24) is 5.32 Å². The van der Waals surface area contributed by atoms with Gasteiger partial charge in [0.2, 0.25) is 5.91 Å². The smallest absolute Gasteiger partial charge is 0.228 e. The molecule has 0 aliphatic heterocycles. The molecule has 22 heavy (non-hydrogen) atoms. The number of benzene rings is 2. The van der Waals surface area contributed by atoms with Gasteiger partial charge in [-0.05, 0) is 30.7 Å². The molecule has 0 unspecified atom stereocenters. The van der Waals surface area contributed by atoms with E-state index in [9.17, 15) is 4.79 Å². The van der Waals surface area contributed by atoms with E-state index < -0.39 is 0 Å². The third-order valence-electron chi connectivity index (χ3n) is 3.47. The Bertz CT molecular complexity index is 601. The van der Waals surface area contributed by atoms with Crippen molar-refractivity contribution in [3.63, 3.8) is 0 Å². The topological polar surface area (TPSA) is 32.3 Å². The molecular weight excluding hydrogens is 296 g/mol. The molecule has 0 saturated heterocycles. The van der Waals surface area contributed by atoms with Crippen LogP contribution in [0, 0.1) is 0 Å². The summed E-state index contributed by atoms with van der Waals surface area (Å²) in [6, 6.07) is 17.5. The maximum atomic E-state index is 12.3. The zero-order valence-electron chi connectivity index (χ0n) is 12.8. The fourth-order valence-corrected chi connectivity index (χ4v) is 2.51. The first-order chi connectivity index (χ1) is 10.7. The number of carbonyl (C=O) groups is 1. The van der Waals surface area contributed by atoms with Gasteiger partial charge in [-0.1, -0.05) is 48.0 Å². The third-order valence-corrected chi connectivity index (χ3v) is 3.84. The first-order valence-electron chi connectivity index (χ1n) is 7.52. The highest BCUT2D eigenvalue weighted by Crippen LogP contribution is 2.15. The standard InChI is InChI=1S/C18H21ClN2O/c1-2-21(16-9-4-3-5-10-16)18(22)12-13-20-14-15-8-6-7-11-17(15)19/h3-11,20H,2,12-14H2,1H3. The Morgan fingerprint density at radius 2 is 1.77 bits per heavy atom. The SMILES string of the molecule is CCN(C(=O)CCNCc1ccccc1Cl)c1ccccc1. The summed E-state index contributed by atoms with van der Waals surface area (Å²) in [5.74, 6) is 0.125. The van der Waals surface area contributed by atoms with Crippen LogP contribution in [0.4, 0.5) is 5.69 Å². The van der Waals surface area contributed by atoms with Crippen molar-refractivity contribution in [3.05, 3.63) is 65.2 Å². The molecule has 0 aromatic heterocycles. The molecule has 1 N–H and O–H groups in total. The van der Waals surface area contributed by atoms with Gasteiger partial charge in [-0.15, -0.1) is 0 Å². The summed E-state index contributed by atoms with van der Waals surface area (Å²) in [5, 5.41) is 4.02. The second-order valence-electron chi connectivity index (χ2n) is 4.99. The highest BCUT2D eigenvalue weighted by atomic mass is 35.5. The van der Waals surface area contributed by atoms with E-state index in [1.54, 1.807) is 4.90 Å². The lowest BCUT2D eigenvalue weighted by molar-refractivity contribution is -0.118. The van der Waals surface area contributed by atoms with Gasteiger partial charge in [0.25, 0.3) is 0 Å². The third kappa shape index (κ3) is 4.58. The first kappa shape index (κ1) is 16.5. The molecule has 0 heterocycles. The number of carbonyl (C=O) groups excluding carboxylic acids is 1. The van der Waals surface area contributed by atoms with Gasteiger partial charge in [-0.25, -0.2) is 0 Å². The number of rotatable bonds is 7. The van der Waals surface area contributed by atoms with Gasteiger partial charge in [0.05, 0.1) is 0 Å². The van der Waals surface area contributed by atoms with E-state index in [2.05, 4.69) is 5.32 Å². The predicted octanol–water partition coefficient (Wildman–Crippen LogP) is 3.87. The van der Waals surface area contributed by atoms with E-state index in [4.69, 9.17) is 11.6 Å². The summed E-state index contributed by atoms with van der Waals surface area (Å²) in [6.07, 6.45) is 0.465. The van der Waals surface area contributed by atoms with E-state index >= 15 is 0 Å². The van der Waals surface area contributed by atoms with Crippen LogP contribution >= 0.6 is 11.6 Å². The molecule has 3 nitrogen and oxygen atoms in total. The molecule has 0 spiro atoms. The molecule has 0 fully saturated rings. The van der Waals surface area contributed by atoms with E-state index in [0.717, 1.165) is 16.3 Å². The average molecular weight is 317 g/mol. The van der Waals surface area contributed by atoms with Crippen LogP contribution in [-0.4, -0.2) is 19.0 Å². The fourth-order valence-electron chi connectivity index (χ4n) is 2.31. The number of hydrogen-bond donors (Lipinski definition) is 1. The van der Waals surface area contributed by atoms with Crippen LogP contribution < -0.4 is 10.2 Å². The van der Waals surface area contributed by atoms with E-state index in [-0.39, 0.29) is 5.91 Å². The second kappa shape index (κ2) is 8.57. The molecule has 0 saturated carbocycles. The second-order valence-corrected chi connectivity index (χ2v) is 5.40. The van der Waals surface area contributed by atoms with Crippen molar-refractivity contribution in [2.75, 3.05) is 18.0 Å². The van der Waals surface area contributed by atoms with Gasteiger partial charge >= 0.3 is 0 Å². The normalized spacial score (nSPS) is 10.5. The predicted molar refractivity (Wildman–Crippen MR) is 92.2 cm³/mol. The van der Waals surface area contributed by atoms with E-state index in [1.807, 2.05) is 61.5 Å². The summed E-state index contributed by atoms with van der Waals surface area (Å²) in [6.45, 7) is 3.97. The van der Waals surface area contributed by atoms with Crippen LogP contribution in [0.25, 0.3) is 0 Å². The fraction of sp³-hybridized carbons (Fsp3) is 0.278. The van der Waals surface area contributed by atoms with Gasteiger partial charge in [0.1, 0.15) is 0 Å². The maximum Gasteiger partial charge on any atom is 0.228 e. The molecule has 0 radical (unpaired) electrons. The molecule has 2 rings (SSSR count). The Kier molecular flexibility index (Phi) is 6.44. The van der Waals surface area contributed by atoms with E-state index in [0.29, 0.717) is 26.1 Å². The Labute approximate surface area is 136 Å². The molecule has 0 aliphatic rings. The van der Waals surface area contributed by atoms with Gasteiger partial charge in [-0.2, -0.15) is 0 Å². The summed E-state index contributed by atoms with van der Waals surface area (Å²) >= 11 is 6.10. The molecular formula is C18H21ClN2O. The van der Waals surface area contributed by atoms with Crippen molar-refractivity contribution >= 4 is 23.2 Å². The largest absolute Gasteiger partial charge is 0.313 e. The molecule has 0 aliphatic carbocycles. The number of para-hydroxylation sites is 1. The summed E-state index contributed by atoms with van der Waals surface area (Å²) in [5.41, 5.74) is 1.99. The number of anilines is 1. The lowest BCUT2D eigenvalue weighted by Crippen LogP contribution is -2.33. The highest BCUT2D eigenvalue weighted by Gasteiger charge is 2.12. The number of nitrogens with zero attached hydrogens (tertiary/aromatic N) is 1. The minimum Gasteiger partial charge on any atom is -0.313 e. The highest BCUT2D eigenvalue weighted by molar-refractivity contribution is 6.31. The maximum absolute atomic E-state index is 12.3. The zero-order valence-corrected chi connectivity index (χ0v) is 13.5. The molecule has 2 aromatic rings. The molecule has 116 valence electrons. The van der Waals surface area contributed by atoms with Crippen LogP contribution in [-0.2, 0) is 11.3 Å². The molecule has 2 aromatic carbocycles. The van der Waals surface area contributed by atoms with Gasteiger partial charge < -0.3 is 10.2 Å². The van der Waals surface area contributed by atoms with Crippen molar-refractivity contribution in [2.45, 2.75) is 19.9 Å². The number of halogens is 1. The number of amides is 1. The van der Waals surface area contributed by atoms with E-state index in [1.165, 1.54) is 0 Å². The van der Waals surface area contributed by atoms with Gasteiger partial charge in [0, 0.05) is 36.8 Å².